The van der Waals surface area contributed by atoms with Gasteiger partial charge in [0.1, 0.15) is 0 Å². The van der Waals surface area contributed by atoms with Gasteiger partial charge in [0, 0.05) is 5.69 Å². The Labute approximate surface area is 104 Å². The first kappa shape index (κ1) is 13.7. The zero-order chi connectivity index (χ0) is 12.8. The molecule has 1 aromatic rings. The fraction of sp³-hybridized carbons (Fsp3) is 0.500. The van der Waals surface area contributed by atoms with Gasteiger partial charge in [0.05, 0.1) is 6.04 Å². The molecule has 3 heteroatoms. The van der Waals surface area contributed by atoms with E-state index in [2.05, 4.69) is 23.6 Å². The van der Waals surface area contributed by atoms with E-state index in [4.69, 9.17) is 0 Å². The van der Waals surface area contributed by atoms with Gasteiger partial charge < -0.3 is 10.6 Å². The van der Waals surface area contributed by atoms with E-state index in [1.54, 1.807) is 0 Å². The molecular weight excluding hydrogens is 212 g/mol. The molecule has 0 aliphatic heterocycles. The van der Waals surface area contributed by atoms with E-state index in [1.807, 2.05) is 32.9 Å². The molecular formula is C14H22N2O. The number of nitrogens with one attached hydrogen (secondary N) is 2. The molecule has 1 rings (SSSR count). The number of hydrogen-bond acceptors (Lipinski definition) is 2. The van der Waals surface area contributed by atoms with Gasteiger partial charge in [-0.05, 0) is 45.4 Å². The summed E-state index contributed by atoms with van der Waals surface area (Å²) in [5.74, 6) is 0.0189. The van der Waals surface area contributed by atoms with Crippen LogP contribution in [0.1, 0.15) is 31.4 Å². The maximum Gasteiger partial charge on any atom is 0.241 e. The molecule has 0 heterocycles. The monoisotopic (exact) mass is 234 g/mol. The molecule has 0 fully saturated rings. The third-order valence-corrected chi connectivity index (χ3v) is 2.73. The number of amides is 1. The van der Waals surface area contributed by atoms with Crippen LogP contribution in [0.15, 0.2) is 18.2 Å². The summed E-state index contributed by atoms with van der Waals surface area (Å²) in [5.41, 5.74) is 3.20. The van der Waals surface area contributed by atoms with E-state index < -0.39 is 0 Å². The lowest BCUT2D eigenvalue weighted by Crippen LogP contribution is -2.38. The van der Waals surface area contributed by atoms with E-state index in [0.29, 0.717) is 0 Å². The van der Waals surface area contributed by atoms with Gasteiger partial charge >= 0.3 is 0 Å². The molecule has 1 amide bonds. The Morgan fingerprint density at radius 3 is 2.65 bits per heavy atom. The van der Waals surface area contributed by atoms with Crippen molar-refractivity contribution >= 4 is 11.6 Å². The molecule has 1 atom stereocenters. The van der Waals surface area contributed by atoms with E-state index in [1.165, 1.54) is 5.56 Å². The van der Waals surface area contributed by atoms with Gasteiger partial charge in [-0.2, -0.15) is 0 Å². The normalized spacial score (nSPS) is 12.2. The highest BCUT2D eigenvalue weighted by Gasteiger charge is 2.12. The molecule has 2 N–H and O–H groups in total. The van der Waals surface area contributed by atoms with Crippen molar-refractivity contribution in [2.75, 3.05) is 11.9 Å². The topological polar surface area (TPSA) is 41.1 Å². The van der Waals surface area contributed by atoms with Gasteiger partial charge in [-0.1, -0.05) is 24.6 Å². The lowest BCUT2D eigenvalue weighted by molar-refractivity contribution is -0.117. The number of aryl methyl sites for hydroxylation is 2. The van der Waals surface area contributed by atoms with Crippen LogP contribution in [-0.2, 0) is 4.79 Å². The summed E-state index contributed by atoms with van der Waals surface area (Å²) in [6.07, 6.45) is 1.03. The van der Waals surface area contributed by atoms with Crippen molar-refractivity contribution in [2.45, 2.75) is 40.2 Å². The maximum absolute atomic E-state index is 11.9. The van der Waals surface area contributed by atoms with E-state index >= 15 is 0 Å². The van der Waals surface area contributed by atoms with Crippen LogP contribution in [0, 0.1) is 13.8 Å². The number of carbonyl (C=O) groups excluding carboxylic acids is 1. The summed E-state index contributed by atoms with van der Waals surface area (Å²) in [5, 5.41) is 6.12. The highest BCUT2D eigenvalue weighted by Crippen LogP contribution is 2.16. The summed E-state index contributed by atoms with van der Waals surface area (Å²) in [7, 11) is 0. The van der Waals surface area contributed by atoms with Crippen molar-refractivity contribution in [3.8, 4) is 0 Å². The Bertz CT molecular complexity index is 388. The highest BCUT2D eigenvalue weighted by molar-refractivity contribution is 5.95. The summed E-state index contributed by atoms with van der Waals surface area (Å²) < 4.78 is 0. The third-order valence-electron chi connectivity index (χ3n) is 2.73. The summed E-state index contributed by atoms with van der Waals surface area (Å²) in [6, 6.07) is 5.87. The molecule has 0 spiro atoms. The van der Waals surface area contributed by atoms with Gasteiger partial charge in [0.2, 0.25) is 5.91 Å². The molecule has 3 nitrogen and oxygen atoms in total. The minimum absolute atomic E-state index is 0.0189. The number of carbonyl (C=O) groups is 1. The zero-order valence-corrected chi connectivity index (χ0v) is 11.1. The molecule has 0 saturated heterocycles. The molecule has 0 bridgehead atoms. The molecule has 0 aliphatic carbocycles. The Morgan fingerprint density at radius 2 is 2.06 bits per heavy atom. The number of rotatable bonds is 5. The van der Waals surface area contributed by atoms with Gasteiger partial charge in [0.15, 0.2) is 0 Å². The average molecular weight is 234 g/mol. The predicted octanol–water partition coefficient (Wildman–Crippen LogP) is 2.63. The van der Waals surface area contributed by atoms with Crippen LogP contribution in [0.3, 0.4) is 0 Å². The van der Waals surface area contributed by atoms with Crippen LogP contribution in [0.2, 0.25) is 0 Å². The molecule has 0 radical (unpaired) electrons. The standard InChI is InChI=1S/C14H22N2O/c1-5-8-15-12(4)14(17)16-13-7-6-10(2)9-11(13)3/h6-7,9,12,15H,5,8H2,1-4H3,(H,16,17). The van der Waals surface area contributed by atoms with Crippen LogP contribution in [0.25, 0.3) is 0 Å². The highest BCUT2D eigenvalue weighted by atomic mass is 16.2. The summed E-state index contributed by atoms with van der Waals surface area (Å²) >= 11 is 0. The van der Waals surface area contributed by atoms with Gasteiger partial charge in [-0.15, -0.1) is 0 Å². The Hall–Kier alpha value is -1.35. The number of anilines is 1. The van der Waals surface area contributed by atoms with Crippen molar-refractivity contribution in [1.29, 1.82) is 0 Å². The third kappa shape index (κ3) is 4.19. The Morgan fingerprint density at radius 1 is 1.35 bits per heavy atom. The minimum atomic E-state index is -0.157. The van der Waals surface area contributed by atoms with Crippen molar-refractivity contribution in [3.63, 3.8) is 0 Å². The van der Waals surface area contributed by atoms with Crippen molar-refractivity contribution < 1.29 is 4.79 Å². The summed E-state index contributed by atoms with van der Waals surface area (Å²) in [4.78, 5) is 11.9. The molecule has 1 aromatic carbocycles. The van der Waals surface area contributed by atoms with E-state index in [-0.39, 0.29) is 11.9 Å². The van der Waals surface area contributed by atoms with Crippen molar-refractivity contribution in [2.24, 2.45) is 0 Å². The molecule has 0 aliphatic rings. The van der Waals surface area contributed by atoms with Crippen LogP contribution in [-0.4, -0.2) is 18.5 Å². The van der Waals surface area contributed by atoms with Crippen LogP contribution < -0.4 is 10.6 Å². The van der Waals surface area contributed by atoms with E-state index in [9.17, 15) is 4.79 Å². The zero-order valence-electron chi connectivity index (χ0n) is 11.1. The SMILES string of the molecule is CCCNC(C)C(=O)Nc1ccc(C)cc1C. The second-order valence-corrected chi connectivity index (χ2v) is 4.48. The van der Waals surface area contributed by atoms with Crippen molar-refractivity contribution in [3.05, 3.63) is 29.3 Å². The van der Waals surface area contributed by atoms with E-state index in [0.717, 1.165) is 24.2 Å². The van der Waals surface area contributed by atoms with Gasteiger partial charge in [-0.3, -0.25) is 4.79 Å². The molecule has 0 aromatic heterocycles. The Balaban J connectivity index is 2.61. The second-order valence-electron chi connectivity index (χ2n) is 4.48. The first-order valence-electron chi connectivity index (χ1n) is 6.16. The van der Waals surface area contributed by atoms with Gasteiger partial charge in [-0.25, -0.2) is 0 Å². The minimum Gasteiger partial charge on any atom is -0.324 e. The maximum atomic E-state index is 11.9. The Kier molecular flexibility index (Phi) is 5.16. The van der Waals surface area contributed by atoms with Crippen LogP contribution in [0.5, 0.6) is 0 Å². The number of benzene rings is 1. The van der Waals surface area contributed by atoms with Crippen LogP contribution >= 0.6 is 0 Å². The first-order chi connectivity index (χ1) is 8.04. The first-order valence-corrected chi connectivity index (χ1v) is 6.16. The lowest BCUT2D eigenvalue weighted by atomic mass is 10.1. The largest absolute Gasteiger partial charge is 0.324 e. The predicted molar refractivity (Wildman–Crippen MR) is 72.3 cm³/mol. The number of hydrogen-bond donors (Lipinski definition) is 2. The fourth-order valence-electron chi connectivity index (χ4n) is 1.65. The molecule has 0 saturated carbocycles. The molecule has 1 unspecified atom stereocenters. The summed E-state index contributed by atoms with van der Waals surface area (Å²) in [6.45, 7) is 8.88. The lowest BCUT2D eigenvalue weighted by Gasteiger charge is -2.15. The van der Waals surface area contributed by atoms with Crippen molar-refractivity contribution in [1.82, 2.24) is 5.32 Å². The molecule has 17 heavy (non-hydrogen) atoms. The van der Waals surface area contributed by atoms with Crippen LogP contribution in [0.4, 0.5) is 5.69 Å². The smallest absolute Gasteiger partial charge is 0.241 e. The molecule has 94 valence electrons. The average Bonchev–Trinajstić information content (AvgIpc) is 2.29. The second kappa shape index (κ2) is 6.40. The van der Waals surface area contributed by atoms with Gasteiger partial charge in [0.25, 0.3) is 0 Å². The fourth-order valence-corrected chi connectivity index (χ4v) is 1.65. The quantitative estimate of drug-likeness (QED) is 0.822.